The van der Waals surface area contributed by atoms with E-state index < -0.39 is 0 Å². The fourth-order valence-corrected chi connectivity index (χ4v) is 3.09. The first-order chi connectivity index (χ1) is 8.91. The van der Waals surface area contributed by atoms with E-state index in [1.165, 1.54) is 12.0 Å². The SMILES string of the molecule is CCOc1cc(CN2CCC(C)(C)C2)cc(Br)c1O. The summed E-state index contributed by atoms with van der Waals surface area (Å²) >= 11 is 3.39. The van der Waals surface area contributed by atoms with Crippen LogP contribution in [0.1, 0.15) is 32.8 Å². The summed E-state index contributed by atoms with van der Waals surface area (Å²) in [5, 5.41) is 9.91. The summed E-state index contributed by atoms with van der Waals surface area (Å²) in [6.07, 6.45) is 1.24. The first kappa shape index (κ1) is 14.7. The van der Waals surface area contributed by atoms with Gasteiger partial charge in [0.15, 0.2) is 11.5 Å². The molecule has 1 aromatic rings. The molecular formula is C15H22BrNO2. The van der Waals surface area contributed by atoms with E-state index in [0.717, 1.165) is 19.6 Å². The Balaban J connectivity index is 2.13. The summed E-state index contributed by atoms with van der Waals surface area (Å²) in [5.41, 5.74) is 1.59. The van der Waals surface area contributed by atoms with E-state index >= 15 is 0 Å². The first-order valence-electron chi connectivity index (χ1n) is 6.78. The van der Waals surface area contributed by atoms with E-state index in [2.05, 4.69) is 34.7 Å². The van der Waals surface area contributed by atoms with Crippen LogP contribution in [-0.2, 0) is 6.54 Å². The van der Waals surface area contributed by atoms with E-state index in [1.807, 2.05) is 19.1 Å². The number of hydrogen-bond donors (Lipinski definition) is 1. The topological polar surface area (TPSA) is 32.7 Å². The molecule has 4 heteroatoms. The summed E-state index contributed by atoms with van der Waals surface area (Å²) < 4.78 is 6.17. The molecule has 0 unspecified atom stereocenters. The number of phenols is 1. The molecule has 1 aromatic carbocycles. The minimum absolute atomic E-state index is 0.187. The van der Waals surface area contributed by atoms with E-state index in [1.54, 1.807) is 0 Å². The third kappa shape index (κ3) is 3.63. The number of likely N-dealkylation sites (tertiary alicyclic amines) is 1. The van der Waals surface area contributed by atoms with Gasteiger partial charge in [0.1, 0.15) is 0 Å². The largest absolute Gasteiger partial charge is 0.503 e. The average Bonchev–Trinajstić information content (AvgIpc) is 2.65. The van der Waals surface area contributed by atoms with Crippen LogP contribution in [0.4, 0.5) is 0 Å². The molecule has 19 heavy (non-hydrogen) atoms. The molecule has 0 amide bonds. The second kappa shape index (κ2) is 5.71. The third-order valence-electron chi connectivity index (χ3n) is 3.55. The van der Waals surface area contributed by atoms with Gasteiger partial charge >= 0.3 is 0 Å². The van der Waals surface area contributed by atoms with Crippen molar-refractivity contribution in [1.29, 1.82) is 0 Å². The van der Waals surface area contributed by atoms with Crippen molar-refractivity contribution in [2.45, 2.75) is 33.7 Å². The maximum atomic E-state index is 9.91. The van der Waals surface area contributed by atoms with Crippen LogP contribution in [0.25, 0.3) is 0 Å². The molecule has 0 spiro atoms. The Hall–Kier alpha value is -0.740. The first-order valence-corrected chi connectivity index (χ1v) is 7.57. The summed E-state index contributed by atoms with van der Waals surface area (Å²) in [6, 6.07) is 3.91. The molecule has 0 saturated carbocycles. The standard InChI is InChI=1S/C15H22BrNO2/c1-4-19-13-8-11(7-12(16)14(13)18)9-17-6-5-15(2,3)10-17/h7-8,18H,4-6,9-10H2,1-3H3. The predicted octanol–water partition coefficient (Wildman–Crippen LogP) is 3.79. The van der Waals surface area contributed by atoms with Crippen LogP contribution in [0.2, 0.25) is 0 Å². The van der Waals surface area contributed by atoms with Gasteiger partial charge in [0.05, 0.1) is 11.1 Å². The minimum Gasteiger partial charge on any atom is -0.503 e. The molecule has 2 rings (SSSR count). The number of benzene rings is 1. The molecule has 0 radical (unpaired) electrons. The summed E-state index contributed by atoms with van der Waals surface area (Å²) in [6.45, 7) is 10.3. The smallest absolute Gasteiger partial charge is 0.172 e. The summed E-state index contributed by atoms with van der Waals surface area (Å²) in [7, 11) is 0. The van der Waals surface area contributed by atoms with Crippen molar-refractivity contribution in [3.8, 4) is 11.5 Å². The minimum atomic E-state index is 0.187. The number of halogens is 1. The fraction of sp³-hybridized carbons (Fsp3) is 0.600. The zero-order chi connectivity index (χ0) is 14.0. The number of aromatic hydroxyl groups is 1. The summed E-state index contributed by atoms with van der Waals surface area (Å²) in [5.74, 6) is 0.748. The zero-order valence-corrected chi connectivity index (χ0v) is 13.5. The van der Waals surface area contributed by atoms with Crippen molar-refractivity contribution < 1.29 is 9.84 Å². The Morgan fingerprint density at radius 3 is 2.74 bits per heavy atom. The van der Waals surface area contributed by atoms with Crippen molar-refractivity contribution in [1.82, 2.24) is 4.90 Å². The zero-order valence-electron chi connectivity index (χ0n) is 11.9. The van der Waals surface area contributed by atoms with Crippen LogP contribution in [0, 0.1) is 5.41 Å². The Labute approximate surface area is 123 Å². The molecule has 0 atom stereocenters. The predicted molar refractivity (Wildman–Crippen MR) is 80.7 cm³/mol. The molecule has 3 nitrogen and oxygen atoms in total. The molecule has 1 fully saturated rings. The lowest BCUT2D eigenvalue weighted by molar-refractivity contribution is 0.282. The Kier molecular flexibility index (Phi) is 4.41. The van der Waals surface area contributed by atoms with Gasteiger partial charge in [-0.05, 0) is 58.9 Å². The van der Waals surface area contributed by atoms with E-state index in [4.69, 9.17) is 4.74 Å². The van der Waals surface area contributed by atoms with Gasteiger partial charge in [-0.1, -0.05) is 13.8 Å². The molecule has 1 aliphatic rings. The van der Waals surface area contributed by atoms with Crippen LogP contribution in [-0.4, -0.2) is 29.7 Å². The second-order valence-corrected chi connectivity index (χ2v) is 6.84. The van der Waals surface area contributed by atoms with Crippen molar-refractivity contribution in [3.63, 3.8) is 0 Å². The highest BCUT2D eigenvalue weighted by Gasteiger charge is 2.29. The van der Waals surface area contributed by atoms with Gasteiger partial charge in [-0.15, -0.1) is 0 Å². The van der Waals surface area contributed by atoms with Crippen molar-refractivity contribution >= 4 is 15.9 Å². The quantitative estimate of drug-likeness (QED) is 0.913. The average molecular weight is 328 g/mol. The van der Waals surface area contributed by atoms with Crippen molar-refractivity contribution in [2.75, 3.05) is 19.7 Å². The highest BCUT2D eigenvalue weighted by Crippen LogP contribution is 2.37. The van der Waals surface area contributed by atoms with Gasteiger partial charge in [0.2, 0.25) is 0 Å². The number of ether oxygens (including phenoxy) is 1. The molecule has 0 bridgehead atoms. The molecule has 1 aliphatic heterocycles. The Morgan fingerprint density at radius 2 is 2.16 bits per heavy atom. The van der Waals surface area contributed by atoms with Crippen molar-refractivity contribution in [3.05, 3.63) is 22.2 Å². The van der Waals surface area contributed by atoms with Crippen LogP contribution >= 0.6 is 15.9 Å². The van der Waals surface area contributed by atoms with Crippen LogP contribution in [0.15, 0.2) is 16.6 Å². The lowest BCUT2D eigenvalue weighted by Gasteiger charge is -2.20. The van der Waals surface area contributed by atoms with E-state index in [-0.39, 0.29) is 5.75 Å². The van der Waals surface area contributed by atoms with Crippen LogP contribution in [0.5, 0.6) is 11.5 Å². The van der Waals surface area contributed by atoms with Crippen molar-refractivity contribution in [2.24, 2.45) is 5.41 Å². The Bertz CT molecular complexity index is 460. The van der Waals surface area contributed by atoms with Gasteiger partial charge in [0, 0.05) is 13.1 Å². The number of nitrogens with zero attached hydrogens (tertiary/aromatic N) is 1. The molecule has 1 N–H and O–H groups in total. The van der Waals surface area contributed by atoms with E-state index in [9.17, 15) is 5.11 Å². The Morgan fingerprint density at radius 1 is 1.42 bits per heavy atom. The van der Waals surface area contributed by atoms with E-state index in [0.29, 0.717) is 22.2 Å². The highest BCUT2D eigenvalue weighted by atomic mass is 79.9. The second-order valence-electron chi connectivity index (χ2n) is 5.98. The van der Waals surface area contributed by atoms with Gasteiger partial charge in [0.25, 0.3) is 0 Å². The number of phenolic OH excluding ortho intramolecular Hbond substituents is 1. The number of rotatable bonds is 4. The van der Waals surface area contributed by atoms with Gasteiger partial charge in [-0.2, -0.15) is 0 Å². The molecule has 1 saturated heterocycles. The van der Waals surface area contributed by atoms with Crippen LogP contribution < -0.4 is 4.74 Å². The third-order valence-corrected chi connectivity index (χ3v) is 4.16. The number of hydrogen-bond acceptors (Lipinski definition) is 3. The normalized spacial score (nSPS) is 18.7. The lowest BCUT2D eigenvalue weighted by Crippen LogP contribution is -2.22. The van der Waals surface area contributed by atoms with Gasteiger partial charge in [-0.3, -0.25) is 4.90 Å². The molecule has 0 aliphatic carbocycles. The molecule has 106 valence electrons. The molecule has 0 aromatic heterocycles. The van der Waals surface area contributed by atoms with Gasteiger partial charge in [-0.25, -0.2) is 0 Å². The fourth-order valence-electron chi connectivity index (χ4n) is 2.60. The maximum absolute atomic E-state index is 9.91. The molecule has 1 heterocycles. The maximum Gasteiger partial charge on any atom is 0.172 e. The molecular weight excluding hydrogens is 306 g/mol. The summed E-state index contributed by atoms with van der Waals surface area (Å²) in [4.78, 5) is 2.45. The highest BCUT2D eigenvalue weighted by molar-refractivity contribution is 9.10. The van der Waals surface area contributed by atoms with Gasteiger partial charge < -0.3 is 9.84 Å². The monoisotopic (exact) mass is 327 g/mol. The van der Waals surface area contributed by atoms with Crippen LogP contribution in [0.3, 0.4) is 0 Å². The lowest BCUT2D eigenvalue weighted by atomic mass is 9.93.